The van der Waals surface area contributed by atoms with Crippen molar-refractivity contribution in [2.24, 2.45) is 0 Å². The molecule has 2 rings (SSSR count). The Morgan fingerprint density at radius 1 is 1.53 bits per heavy atom. The van der Waals surface area contributed by atoms with Crippen molar-refractivity contribution in [1.29, 1.82) is 0 Å². The van der Waals surface area contributed by atoms with Gasteiger partial charge in [0.15, 0.2) is 0 Å². The normalized spacial score (nSPS) is 20.8. The van der Waals surface area contributed by atoms with Crippen molar-refractivity contribution in [2.75, 3.05) is 11.5 Å². The van der Waals surface area contributed by atoms with E-state index < -0.39 is 0 Å². The highest BCUT2D eigenvalue weighted by Crippen LogP contribution is 2.19. The van der Waals surface area contributed by atoms with Gasteiger partial charge in [-0.3, -0.25) is 0 Å². The highest BCUT2D eigenvalue weighted by atomic mass is 79.9. The van der Waals surface area contributed by atoms with Gasteiger partial charge in [0.25, 0.3) is 0 Å². The van der Waals surface area contributed by atoms with Gasteiger partial charge in [-0.1, -0.05) is 28.1 Å². The molecule has 1 nitrogen and oxygen atoms in total. The third-order valence-electron chi connectivity index (χ3n) is 2.76. The van der Waals surface area contributed by atoms with Crippen LogP contribution in [0.1, 0.15) is 17.5 Å². The maximum absolute atomic E-state index is 3.60. The minimum absolute atomic E-state index is 0.718. The second-order valence-corrected chi connectivity index (χ2v) is 6.03. The van der Waals surface area contributed by atoms with Crippen LogP contribution in [-0.2, 0) is 6.54 Å². The van der Waals surface area contributed by atoms with Crippen molar-refractivity contribution >= 4 is 27.7 Å². The molecule has 0 aromatic heterocycles. The Labute approximate surface area is 104 Å². The molecule has 0 bridgehead atoms. The summed E-state index contributed by atoms with van der Waals surface area (Å²) in [5.74, 6) is 2.59. The molecule has 1 N–H and O–H groups in total. The molecule has 1 aliphatic heterocycles. The standard InChI is InChI=1S/C12H16BrNS/c1-9-2-3-10(6-12(9)13)7-14-11-4-5-15-8-11/h2-3,6,11,14H,4-5,7-8H2,1H3. The van der Waals surface area contributed by atoms with Crippen LogP contribution in [0.25, 0.3) is 0 Å². The lowest BCUT2D eigenvalue weighted by molar-refractivity contribution is 0.558. The summed E-state index contributed by atoms with van der Waals surface area (Å²) < 4.78 is 1.21. The van der Waals surface area contributed by atoms with Gasteiger partial charge >= 0.3 is 0 Å². The van der Waals surface area contributed by atoms with Crippen LogP contribution in [-0.4, -0.2) is 17.5 Å². The number of hydrogen-bond donors (Lipinski definition) is 1. The lowest BCUT2D eigenvalue weighted by atomic mass is 10.1. The first kappa shape index (κ1) is 11.5. The molecule has 1 aromatic rings. The molecule has 1 heterocycles. The van der Waals surface area contributed by atoms with Crippen LogP contribution in [0, 0.1) is 6.92 Å². The van der Waals surface area contributed by atoms with E-state index in [4.69, 9.17) is 0 Å². The van der Waals surface area contributed by atoms with E-state index in [1.807, 2.05) is 0 Å². The number of hydrogen-bond acceptors (Lipinski definition) is 2. The average molecular weight is 286 g/mol. The van der Waals surface area contributed by atoms with E-state index in [1.165, 1.54) is 33.5 Å². The van der Waals surface area contributed by atoms with E-state index in [2.05, 4.69) is 58.1 Å². The van der Waals surface area contributed by atoms with Crippen LogP contribution < -0.4 is 5.32 Å². The molecule has 1 unspecified atom stereocenters. The lowest BCUT2D eigenvalue weighted by Crippen LogP contribution is -2.27. The number of thioether (sulfide) groups is 1. The Morgan fingerprint density at radius 2 is 2.40 bits per heavy atom. The fourth-order valence-corrected chi connectivity index (χ4v) is 3.32. The van der Waals surface area contributed by atoms with Gasteiger partial charge in [0.2, 0.25) is 0 Å². The number of rotatable bonds is 3. The average Bonchev–Trinajstić information content (AvgIpc) is 2.73. The molecule has 1 fully saturated rings. The molecule has 3 heteroatoms. The molecule has 15 heavy (non-hydrogen) atoms. The minimum Gasteiger partial charge on any atom is -0.309 e. The molecule has 1 aliphatic rings. The summed E-state index contributed by atoms with van der Waals surface area (Å²) in [6.45, 7) is 3.11. The van der Waals surface area contributed by atoms with E-state index in [9.17, 15) is 0 Å². The highest BCUT2D eigenvalue weighted by molar-refractivity contribution is 9.10. The minimum atomic E-state index is 0.718. The summed E-state index contributed by atoms with van der Waals surface area (Å²) in [6, 6.07) is 7.31. The van der Waals surface area contributed by atoms with Crippen molar-refractivity contribution in [1.82, 2.24) is 5.32 Å². The molecule has 82 valence electrons. The second kappa shape index (κ2) is 5.37. The molecule has 0 saturated carbocycles. The summed E-state index contributed by atoms with van der Waals surface area (Å²) in [5, 5.41) is 3.60. The number of halogens is 1. The molecule has 0 spiro atoms. The van der Waals surface area contributed by atoms with Crippen LogP contribution in [0.4, 0.5) is 0 Å². The smallest absolute Gasteiger partial charge is 0.0208 e. The quantitative estimate of drug-likeness (QED) is 0.914. The Morgan fingerprint density at radius 3 is 3.07 bits per heavy atom. The van der Waals surface area contributed by atoms with Crippen molar-refractivity contribution in [2.45, 2.75) is 25.9 Å². The molecule has 0 radical (unpaired) electrons. The van der Waals surface area contributed by atoms with E-state index in [-0.39, 0.29) is 0 Å². The predicted octanol–water partition coefficient (Wildman–Crippen LogP) is 3.35. The lowest BCUT2D eigenvalue weighted by Gasteiger charge is -2.11. The number of aryl methyl sites for hydroxylation is 1. The van der Waals surface area contributed by atoms with Crippen LogP contribution >= 0.6 is 27.7 Å². The third kappa shape index (κ3) is 3.23. The summed E-state index contributed by atoms with van der Waals surface area (Å²) in [5.41, 5.74) is 2.67. The van der Waals surface area contributed by atoms with E-state index in [1.54, 1.807) is 0 Å². The monoisotopic (exact) mass is 285 g/mol. The van der Waals surface area contributed by atoms with Gasteiger partial charge in [-0.15, -0.1) is 0 Å². The Bertz CT molecular complexity index is 334. The van der Waals surface area contributed by atoms with Gasteiger partial charge in [0.1, 0.15) is 0 Å². The van der Waals surface area contributed by atoms with Crippen LogP contribution in [0.2, 0.25) is 0 Å². The maximum Gasteiger partial charge on any atom is 0.0208 e. The van der Waals surface area contributed by atoms with Gasteiger partial charge in [-0.25, -0.2) is 0 Å². The molecule has 1 aromatic carbocycles. The Balaban J connectivity index is 1.90. The Hall–Kier alpha value is 0.01000. The zero-order valence-corrected chi connectivity index (χ0v) is 11.3. The van der Waals surface area contributed by atoms with Gasteiger partial charge in [0.05, 0.1) is 0 Å². The molecule has 0 aliphatic carbocycles. The maximum atomic E-state index is 3.60. The topological polar surface area (TPSA) is 12.0 Å². The first-order chi connectivity index (χ1) is 7.25. The van der Waals surface area contributed by atoms with Crippen molar-refractivity contribution in [3.8, 4) is 0 Å². The largest absolute Gasteiger partial charge is 0.309 e. The van der Waals surface area contributed by atoms with Gasteiger partial charge in [-0.05, 0) is 36.3 Å². The summed E-state index contributed by atoms with van der Waals surface area (Å²) in [7, 11) is 0. The number of nitrogens with one attached hydrogen (secondary N) is 1. The summed E-state index contributed by atoms with van der Waals surface area (Å²) in [4.78, 5) is 0. The first-order valence-electron chi connectivity index (χ1n) is 5.32. The fourth-order valence-electron chi connectivity index (χ4n) is 1.70. The first-order valence-corrected chi connectivity index (χ1v) is 7.26. The summed E-state index contributed by atoms with van der Waals surface area (Å²) in [6.07, 6.45) is 1.32. The van der Waals surface area contributed by atoms with Crippen molar-refractivity contribution in [3.63, 3.8) is 0 Å². The fraction of sp³-hybridized carbons (Fsp3) is 0.500. The van der Waals surface area contributed by atoms with Crippen LogP contribution in [0.3, 0.4) is 0 Å². The third-order valence-corrected chi connectivity index (χ3v) is 4.78. The molecular formula is C12H16BrNS. The predicted molar refractivity (Wildman–Crippen MR) is 71.4 cm³/mol. The zero-order valence-electron chi connectivity index (χ0n) is 8.92. The van der Waals surface area contributed by atoms with Crippen LogP contribution in [0.5, 0.6) is 0 Å². The van der Waals surface area contributed by atoms with E-state index in [0.717, 1.165) is 12.6 Å². The molecule has 0 amide bonds. The van der Waals surface area contributed by atoms with Crippen LogP contribution in [0.15, 0.2) is 22.7 Å². The molecule has 1 atom stereocenters. The summed E-state index contributed by atoms with van der Waals surface area (Å²) >= 11 is 5.62. The Kier molecular flexibility index (Phi) is 4.12. The van der Waals surface area contributed by atoms with E-state index in [0.29, 0.717) is 0 Å². The van der Waals surface area contributed by atoms with E-state index >= 15 is 0 Å². The zero-order chi connectivity index (χ0) is 10.7. The van der Waals surface area contributed by atoms with Crippen molar-refractivity contribution < 1.29 is 0 Å². The molecular weight excluding hydrogens is 270 g/mol. The highest BCUT2D eigenvalue weighted by Gasteiger charge is 2.14. The SMILES string of the molecule is Cc1ccc(CNC2CCSC2)cc1Br. The second-order valence-electron chi connectivity index (χ2n) is 4.02. The van der Waals surface area contributed by atoms with Gasteiger partial charge in [0, 0.05) is 22.8 Å². The van der Waals surface area contributed by atoms with Gasteiger partial charge in [-0.2, -0.15) is 11.8 Å². The van der Waals surface area contributed by atoms with Crippen molar-refractivity contribution in [3.05, 3.63) is 33.8 Å². The van der Waals surface area contributed by atoms with Gasteiger partial charge < -0.3 is 5.32 Å². The number of benzene rings is 1. The molecule has 1 saturated heterocycles.